The molecule has 0 saturated heterocycles. The van der Waals surface area contributed by atoms with E-state index in [-0.39, 0.29) is 5.82 Å². The third-order valence-electron chi connectivity index (χ3n) is 3.77. The molecule has 0 unspecified atom stereocenters. The summed E-state index contributed by atoms with van der Waals surface area (Å²) >= 11 is 0. The number of anilines is 1. The second-order valence-electron chi connectivity index (χ2n) is 5.47. The van der Waals surface area contributed by atoms with Crippen molar-refractivity contribution in [2.45, 2.75) is 19.9 Å². The van der Waals surface area contributed by atoms with E-state index in [1.165, 1.54) is 22.9 Å². The molecule has 3 aromatic carbocycles. The molecule has 3 aromatic rings. The van der Waals surface area contributed by atoms with Gasteiger partial charge in [0.05, 0.1) is 6.61 Å². The number of hydrogen-bond donors (Lipinski definition) is 1. The summed E-state index contributed by atoms with van der Waals surface area (Å²) in [6, 6.07) is 18.8. The van der Waals surface area contributed by atoms with Gasteiger partial charge in [-0.05, 0) is 47.5 Å². The molecule has 1 N–H and O–H groups in total. The number of hydrogen-bond acceptors (Lipinski definition) is 2. The molecule has 0 atom stereocenters. The Morgan fingerprint density at radius 2 is 1.74 bits per heavy atom. The van der Waals surface area contributed by atoms with Crippen LogP contribution in [0.15, 0.2) is 60.7 Å². The van der Waals surface area contributed by atoms with Crippen molar-refractivity contribution in [3.05, 3.63) is 72.0 Å². The first-order valence-corrected chi connectivity index (χ1v) is 7.91. The summed E-state index contributed by atoms with van der Waals surface area (Å²) in [4.78, 5) is 0. The minimum absolute atomic E-state index is 0.229. The quantitative estimate of drug-likeness (QED) is 0.660. The number of ether oxygens (including phenoxy) is 1. The first-order valence-electron chi connectivity index (χ1n) is 7.91. The van der Waals surface area contributed by atoms with Gasteiger partial charge in [-0.15, -0.1) is 0 Å². The van der Waals surface area contributed by atoms with E-state index in [4.69, 9.17) is 4.74 Å². The zero-order chi connectivity index (χ0) is 16.1. The molecule has 118 valence electrons. The molecule has 0 bridgehead atoms. The molecule has 0 radical (unpaired) electrons. The van der Waals surface area contributed by atoms with Crippen LogP contribution in [-0.4, -0.2) is 6.61 Å². The fourth-order valence-electron chi connectivity index (χ4n) is 2.60. The van der Waals surface area contributed by atoms with E-state index < -0.39 is 0 Å². The van der Waals surface area contributed by atoms with E-state index in [1.807, 2.05) is 18.2 Å². The average Bonchev–Trinajstić information content (AvgIpc) is 2.59. The van der Waals surface area contributed by atoms with Crippen LogP contribution in [0.5, 0.6) is 5.75 Å². The molecule has 0 heterocycles. The van der Waals surface area contributed by atoms with Crippen molar-refractivity contribution >= 4 is 16.5 Å². The Labute approximate surface area is 135 Å². The molecule has 0 spiro atoms. The number of benzene rings is 3. The van der Waals surface area contributed by atoms with E-state index in [1.54, 1.807) is 12.1 Å². The van der Waals surface area contributed by atoms with Crippen molar-refractivity contribution in [2.75, 3.05) is 11.9 Å². The molecule has 0 amide bonds. The van der Waals surface area contributed by atoms with Crippen molar-refractivity contribution in [3.8, 4) is 5.75 Å². The summed E-state index contributed by atoms with van der Waals surface area (Å²) in [5.41, 5.74) is 2.02. The third-order valence-corrected chi connectivity index (χ3v) is 3.77. The number of rotatable bonds is 6. The largest absolute Gasteiger partial charge is 0.493 e. The van der Waals surface area contributed by atoms with E-state index in [9.17, 15) is 4.39 Å². The Kier molecular flexibility index (Phi) is 4.77. The van der Waals surface area contributed by atoms with Crippen molar-refractivity contribution in [1.82, 2.24) is 0 Å². The van der Waals surface area contributed by atoms with E-state index in [0.717, 1.165) is 23.4 Å². The monoisotopic (exact) mass is 309 g/mol. The van der Waals surface area contributed by atoms with Crippen LogP contribution in [0.4, 0.5) is 10.1 Å². The lowest BCUT2D eigenvalue weighted by molar-refractivity contribution is 0.315. The van der Waals surface area contributed by atoms with Gasteiger partial charge in [0.15, 0.2) is 0 Å². The predicted octanol–water partition coefficient (Wildman–Crippen LogP) is 5.38. The molecule has 0 fully saturated rings. The number of fused-ring (bicyclic) bond motifs is 1. The van der Waals surface area contributed by atoms with Crippen molar-refractivity contribution in [1.29, 1.82) is 0 Å². The smallest absolute Gasteiger partial charge is 0.124 e. The van der Waals surface area contributed by atoms with Gasteiger partial charge in [0, 0.05) is 17.8 Å². The summed E-state index contributed by atoms with van der Waals surface area (Å²) in [7, 11) is 0. The van der Waals surface area contributed by atoms with Crippen LogP contribution in [0.1, 0.15) is 18.9 Å². The van der Waals surface area contributed by atoms with E-state index >= 15 is 0 Å². The lowest BCUT2D eigenvalue weighted by atomic mass is 10.0. The topological polar surface area (TPSA) is 21.3 Å². The van der Waals surface area contributed by atoms with Crippen LogP contribution in [0.3, 0.4) is 0 Å². The van der Waals surface area contributed by atoms with Crippen LogP contribution in [0, 0.1) is 5.82 Å². The first kappa shape index (κ1) is 15.3. The van der Waals surface area contributed by atoms with Gasteiger partial charge in [0.1, 0.15) is 11.6 Å². The molecule has 0 aromatic heterocycles. The summed E-state index contributed by atoms with van der Waals surface area (Å²) in [5.74, 6) is 0.674. The summed E-state index contributed by atoms with van der Waals surface area (Å²) in [6.45, 7) is 3.42. The van der Waals surface area contributed by atoms with Crippen LogP contribution < -0.4 is 10.1 Å². The molecular formula is C20H20FNO. The minimum Gasteiger partial charge on any atom is -0.493 e. The maximum atomic E-state index is 13.0. The van der Waals surface area contributed by atoms with Crippen LogP contribution in [0.25, 0.3) is 10.8 Å². The van der Waals surface area contributed by atoms with Gasteiger partial charge in [-0.3, -0.25) is 0 Å². The van der Waals surface area contributed by atoms with Crippen LogP contribution in [0.2, 0.25) is 0 Å². The molecule has 2 nitrogen and oxygen atoms in total. The van der Waals surface area contributed by atoms with Crippen LogP contribution >= 0.6 is 0 Å². The van der Waals surface area contributed by atoms with Crippen LogP contribution in [-0.2, 0) is 6.54 Å². The molecular weight excluding hydrogens is 289 g/mol. The molecule has 3 heteroatoms. The summed E-state index contributed by atoms with van der Waals surface area (Å²) in [6.07, 6.45) is 0.970. The Hall–Kier alpha value is -2.55. The third kappa shape index (κ3) is 3.62. The Morgan fingerprint density at radius 1 is 0.957 bits per heavy atom. The van der Waals surface area contributed by atoms with Gasteiger partial charge in [-0.2, -0.15) is 0 Å². The minimum atomic E-state index is -0.229. The maximum Gasteiger partial charge on any atom is 0.124 e. The highest BCUT2D eigenvalue weighted by molar-refractivity contribution is 5.88. The molecule has 0 aliphatic heterocycles. The normalized spacial score (nSPS) is 10.7. The first-order chi connectivity index (χ1) is 11.3. The molecule has 0 aliphatic rings. The number of halogens is 1. The second-order valence-corrected chi connectivity index (χ2v) is 5.47. The lowest BCUT2D eigenvalue weighted by Crippen LogP contribution is -2.05. The second kappa shape index (κ2) is 7.14. The SMILES string of the molecule is CCCOc1ccc2ccccc2c1CNc1ccc(F)cc1. The standard InChI is InChI=1S/C20H20FNO/c1-2-13-23-20-12-7-15-5-3-4-6-18(15)19(20)14-22-17-10-8-16(21)9-11-17/h3-12,22H,2,13-14H2,1H3. The van der Waals surface area contributed by atoms with Gasteiger partial charge in [0.25, 0.3) is 0 Å². The predicted molar refractivity (Wildman–Crippen MR) is 93.5 cm³/mol. The van der Waals surface area contributed by atoms with Gasteiger partial charge in [-0.25, -0.2) is 4.39 Å². The zero-order valence-electron chi connectivity index (χ0n) is 13.2. The Morgan fingerprint density at radius 3 is 2.52 bits per heavy atom. The van der Waals surface area contributed by atoms with Crippen molar-refractivity contribution in [3.63, 3.8) is 0 Å². The van der Waals surface area contributed by atoms with E-state index in [2.05, 4.69) is 30.4 Å². The fraction of sp³-hybridized carbons (Fsp3) is 0.200. The molecule has 0 saturated carbocycles. The fourth-order valence-corrected chi connectivity index (χ4v) is 2.60. The highest BCUT2D eigenvalue weighted by Gasteiger charge is 2.09. The lowest BCUT2D eigenvalue weighted by Gasteiger charge is -2.15. The van der Waals surface area contributed by atoms with Crippen molar-refractivity contribution in [2.24, 2.45) is 0 Å². The highest BCUT2D eigenvalue weighted by Crippen LogP contribution is 2.29. The van der Waals surface area contributed by atoms with Gasteiger partial charge >= 0.3 is 0 Å². The van der Waals surface area contributed by atoms with Crippen molar-refractivity contribution < 1.29 is 9.13 Å². The molecule has 3 rings (SSSR count). The number of nitrogens with one attached hydrogen (secondary N) is 1. The molecule has 23 heavy (non-hydrogen) atoms. The van der Waals surface area contributed by atoms with Gasteiger partial charge in [-0.1, -0.05) is 37.3 Å². The zero-order valence-corrected chi connectivity index (χ0v) is 13.2. The Bertz CT molecular complexity index is 783. The summed E-state index contributed by atoms with van der Waals surface area (Å²) in [5, 5.41) is 5.71. The van der Waals surface area contributed by atoms with Gasteiger partial charge < -0.3 is 10.1 Å². The average molecular weight is 309 g/mol. The van der Waals surface area contributed by atoms with Gasteiger partial charge in [0.2, 0.25) is 0 Å². The summed E-state index contributed by atoms with van der Waals surface area (Å²) < 4.78 is 18.9. The maximum absolute atomic E-state index is 13.0. The Balaban J connectivity index is 1.90. The molecule has 0 aliphatic carbocycles. The highest BCUT2D eigenvalue weighted by atomic mass is 19.1. The van der Waals surface area contributed by atoms with E-state index in [0.29, 0.717) is 13.2 Å².